The van der Waals surface area contributed by atoms with Gasteiger partial charge < -0.3 is 22.9 Å². The average molecular weight is 395 g/mol. The van der Waals surface area contributed by atoms with Crippen LogP contribution >= 0.6 is 0 Å². The van der Waals surface area contributed by atoms with Crippen molar-refractivity contribution in [2.24, 2.45) is 0 Å². The Morgan fingerprint density at radius 1 is 0.400 bits per heavy atom. The third-order valence-electron chi connectivity index (χ3n) is 5.55. The topological polar surface area (TPSA) is 104 Å². The van der Waals surface area contributed by atoms with Gasteiger partial charge in [0.05, 0.1) is 0 Å². The molecule has 0 amide bonds. The van der Waals surface area contributed by atoms with Gasteiger partial charge in [0.1, 0.15) is 0 Å². The molecule has 8 N–H and O–H groups in total. The van der Waals surface area contributed by atoms with E-state index in [2.05, 4.69) is 42.5 Å². The highest BCUT2D eigenvalue weighted by Crippen LogP contribution is 2.45. The van der Waals surface area contributed by atoms with E-state index >= 15 is 0 Å². The van der Waals surface area contributed by atoms with Crippen LogP contribution in [0.25, 0.3) is 0 Å². The van der Waals surface area contributed by atoms with Crippen LogP contribution in [0.1, 0.15) is 34.1 Å². The Kier molecular flexibility index (Phi) is 5.31. The number of nitrogens with two attached hydrogens (primary N) is 4. The normalized spacial score (nSPS) is 12.0. The van der Waals surface area contributed by atoms with Crippen molar-refractivity contribution in [1.29, 1.82) is 0 Å². The Morgan fingerprint density at radius 2 is 0.767 bits per heavy atom. The van der Waals surface area contributed by atoms with Gasteiger partial charge in [0.15, 0.2) is 0 Å². The lowest BCUT2D eigenvalue weighted by molar-refractivity contribution is 0.696. The van der Waals surface area contributed by atoms with E-state index in [1.54, 1.807) is 0 Å². The van der Waals surface area contributed by atoms with Crippen molar-refractivity contribution in [2.45, 2.75) is 11.8 Å². The zero-order chi connectivity index (χ0) is 21.1. The predicted octanol–water partition coefficient (Wildman–Crippen LogP) is 4.98. The minimum absolute atomic E-state index is 0.0134. The molecule has 0 spiro atoms. The molecule has 0 radical (unpaired) electrons. The molecule has 30 heavy (non-hydrogen) atoms. The smallest absolute Gasteiger partial charge is 0.0353 e. The molecule has 0 bridgehead atoms. The second-order valence-electron chi connectivity index (χ2n) is 7.58. The summed E-state index contributed by atoms with van der Waals surface area (Å²) < 4.78 is 0. The van der Waals surface area contributed by atoms with E-state index in [0.717, 1.165) is 45.0 Å². The molecule has 0 aliphatic rings. The first-order valence-corrected chi connectivity index (χ1v) is 9.93. The first-order chi connectivity index (χ1) is 14.5. The van der Waals surface area contributed by atoms with Crippen molar-refractivity contribution in [3.8, 4) is 0 Å². The zero-order valence-corrected chi connectivity index (χ0v) is 16.7. The molecule has 0 fully saturated rings. The number of rotatable bonds is 5. The van der Waals surface area contributed by atoms with Crippen molar-refractivity contribution >= 4 is 22.7 Å². The minimum atomic E-state index is -0.0148. The largest absolute Gasteiger partial charge is 0.399 e. The number of hydrogen-bond acceptors (Lipinski definition) is 4. The predicted molar refractivity (Wildman–Crippen MR) is 127 cm³/mol. The number of para-hydroxylation sites is 1. The monoisotopic (exact) mass is 394 g/mol. The van der Waals surface area contributed by atoms with E-state index in [4.69, 9.17) is 22.9 Å². The third kappa shape index (κ3) is 3.94. The Balaban J connectivity index is 1.96. The lowest BCUT2D eigenvalue weighted by Gasteiger charge is -2.30. The average Bonchev–Trinajstić information content (AvgIpc) is 2.75. The summed E-state index contributed by atoms with van der Waals surface area (Å²) in [5, 5.41) is 0. The minimum Gasteiger partial charge on any atom is -0.399 e. The maximum absolute atomic E-state index is 6.47. The summed E-state index contributed by atoms with van der Waals surface area (Å²) in [6, 6.07) is 32.1. The molecule has 0 aromatic heterocycles. The molecule has 0 aliphatic heterocycles. The van der Waals surface area contributed by atoms with Crippen LogP contribution in [-0.4, -0.2) is 0 Å². The van der Waals surface area contributed by atoms with Gasteiger partial charge in [-0.25, -0.2) is 0 Å². The fraction of sp³-hybridized carbons (Fsp3) is 0.0769. The first-order valence-electron chi connectivity index (χ1n) is 9.93. The molecule has 0 heterocycles. The molecule has 4 heteroatoms. The third-order valence-corrected chi connectivity index (χ3v) is 5.55. The molecule has 150 valence electrons. The first kappa shape index (κ1) is 19.4. The second kappa shape index (κ2) is 8.21. The quantitative estimate of drug-likeness (QED) is 0.358. The molecule has 4 nitrogen and oxygen atoms in total. The van der Waals surface area contributed by atoms with Gasteiger partial charge in [0.25, 0.3) is 0 Å². The van der Waals surface area contributed by atoms with E-state index in [9.17, 15) is 0 Å². The maximum Gasteiger partial charge on any atom is 0.0353 e. The van der Waals surface area contributed by atoms with Gasteiger partial charge in [0, 0.05) is 34.6 Å². The van der Waals surface area contributed by atoms with Gasteiger partial charge in [-0.2, -0.15) is 0 Å². The highest BCUT2D eigenvalue weighted by Gasteiger charge is 2.29. The molecule has 1 atom stereocenters. The number of benzene rings is 4. The Hall–Kier alpha value is -3.92. The van der Waals surface area contributed by atoms with Crippen LogP contribution in [0.15, 0.2) is 97.1 Å². The van der Waals surface area contributed by atoms with E-state index in [0.29, 0.717) is 0 Å². The van der Waals surface area contributed by atoms with Crippen LogP contribution in [0, 0.1) is 0 Å². The fourth-order valence-corrected chi connectivity index (χ4v) is 4.03. The molecule has 4 aromatic rings. The number of anilines is 4. The standard InChI is InChI=1S/C26H26N4/c27-20-11-5-17(6-12-20)25(18-7-13-21(28)14-8-18)26(19-9-15-22(29)16-10-19)23-3-1-2-4-24(23)30/h1-16,25-26H,27-30H2. The van der Waals surface area contributed by atoms with E-state index in [1.807, 2.05) is 54.6 Å². The van der Waals surface area contributed by atoms with Crippen molar-refractivity contribution in [3.63, 3.8) is 0 Å². The van der Waals surface area contributed by atoms with Crippen molar-refractivity contribution in [3.05, 3.63) is 119 Å². The zero-order valence-electron chi connectivity index (χ0n) is 16.7. The summed E-state index contributed by atoms with van der Waals surface area (Å²) >= 11 is 0. The molecule has 4 aromatic carbocycles. The molecule has 4 rings (SSSR count). The van der Waals surface area contributed by atoms with Gasteiger partial charge >= 0.3 is 0 Å². The van der Waals surface area contributed by atoms with Crippen LogP contribution < -0.4 is 22.9 Å². The summed E-state index contributed by atoms with van der Waals surface area (Å²) in [4.78, 5) is 0. The summed E-state index contributed by atoms with van der Waals surface area (Å²) in [6.45, 7) is 0. The summed E-state index contributed by atoms with van der Waals surface area (Å²) in [5.41, 5.74) is 31.9. The Morgan fingerprint density at radius 3 is 1.17 bits per heavy atom. The van der Waals surface area contributed by atoms with E-state index in [1.165, 1.54) is 0 Å². The highest BCUT2D eigenvalue weighted by atomic mass is 14.6. The van der Waals surface area contributed by atoms with E-state index in [-0.39, 0.29) is 11.8 Å². The van der Waals surface area contributed by atoms with Crippen LogP contribution in [0.4, 0.5) is 22.7 Å². The number of nitrogen functional groups attached to an aromatic ring is 4. The lowest BCUT2D eigenvalue weighted by atomic mass is 9.73. The number of hydrogen-bond donors (Lipinski definition) is 4. The molecule has 1 unspecified atom stereocenters. The summed E-state index contributed by atoms with van der Waals surface area (Å²) in [6.07, 6.45) is 0. The van der Waals surface area contributed by atoms with Gasteiger partial charge in [-0.1, -0.05) is 54.6 Å². The van der Waals surface area contributed by atoms with Crippen LogP contribution in [0.3, 0.4) is 0 Å². The fourth-order valence-electron chi connectivity index (χ4n) is 4.03. The molecule has 0 aliphatic carbocycles. The summed E-state index contributed by atoms with van der Waals surface area (Å²) in [5.74, 6) is -0.00132. The lowest BCUT2D eigenvalue weighted by Crippen LogP contribution is -2.16. The van der Waals surface area contributed by atoms with Gasteiger partial charge in [-0.15, -0.1) is 0 Å². The Labute approximate surface area is 177 Å². The van der Waals surface area contributed by atoms with E-state index < -0.39 is 0 Å². The van der Waals surface area contributed by atoms with Crippen LogP contribution in [0.2, 0.25) is 0 Å². The molecule has 0 saturated heterocycles. The highest BCUT2D eigenvalue weighted by molar-refractivity contribution is 5.57. The van der Waals surface area contributed by atoms with Crippen LogP contribution in [0.5, 0.6) is 0 Å². The molecule has 0 saturated carbocycles. The van der Waals surface area contributed by atoms with Crippen molar-refractivity contribution < 1.29 is 0 Å². The maximum atomic E-state index is 6.47. The van der Waals surface area contributed by atoms with Gasteiger partial charge in [-0.05, 0) is 64.7 Å². The van der Waals surface area contributed by atoms with Crippen molar-refractivity contribution in [1.82, 2.24) is 0 Å². The Bertz CT molecular complexity index is 1070. The van der Waals surface area contributed by atoms with Gasteiger partial charge in [0.2, 0.25) is 0 Å². The molecular formula is C26H26N4. The second-order valence-corrected chi connectivity index (χ2v) is 7.58. The SMILES string of the molecule is Nc1ccc(C(c2ccc(N)cc2)C(c2ccc(N)cc2)c2ccccc2N)cc1. The molecular weight excluding hydrogens is 368 g/mol. The van der Waals surface area contributed by atoms with Gasteiger partial charge in [-0.3, -0.25) is 0 Å². The van der Waals surface area contributed by atoms with Crippen LogP contribution in [-0.2, 0) is 0 Å². The summed E-state index contributed by atoms with van der Waals surface area (Å²) in [7, 11) is 0. The van der Waals surface area contributed by atoms with Crippen molar-refractivity contribution in [2.75, 3.05) is 22.9 Å².